The SMILES string of the molecule is COCCN(CCO)C(=O)C1CC2CCC1N2. The molecule has 2 aliphatic rings. The molecule has 0 aromatic rings. The summed E-state index contributed by atoms with van der Waals surface area (Å²) in [5, 5.41) is 12.5. The Morgan fingerprint density at radius 1 is 1.47 bits per heavy atom. The second-order valence-electron chi connectivity index (χ2n) is 4.93. The molecule has 2 aliphatic heterocycles. The number of rotatable bonds is 6. The number of fused-ring (bicyclic) bond motifs is 2. The molecular weight excluding hydrogens is 220 g/mol. The van der Waals surface area contributed by atoms with Gasteiger partial charge in [-0.25, -0.2) is 0 Å². The zero-order valence-electron chi connectivity index (χ0n) is 10.4. The molecule has 2 rings (SSSR count). The van der Waals surface area contributed by atoms with Gasteiger partial charge in [-0.2, -0.15) is 0 Å². The Morgan fingerprint density at radius 3 is 2.82 bits per heavy atom. The van der Waals surface area contributed by atoms with Crippen molar-refractivity contribution in [3.8, 4) is 0 Å². The monoisotopic (exact) mass is 242 g/mol. The fourth-order valence-electron chi connectivity index (χ4n) is 2.99. The number of hydrogen-bond acceptors (Lipinski definition) is 4. The maximum absolute atomic E-state index is 12.4. The van der Waals surface area contributed by atoms with Crippen LogP contribution in [0.3, 0.4) is 0 Å². The molecule has 0 aliphatic carbocycles. The van der Waals surface area contributed by atoms with Gasteiger partial charge in [0.15, 0.2) is 0 Å². The molecule has 0 aromatic carbocycles. The summed E-state index contributed by atoms with van der Waals surface area (Å²) in [6, 6.07) is 0.892. The molecule has 3 atom stereocenters. The molecule has 17 heavy (non-hydrogen) atoms. The van der Waals surface area contributed by atoms with Crippen LogP contribution in [0.1, 0.15) is 19.3 Å². The third-order valence-corrected chi connectivity index (χ3v) is 3.86. The first-order valence-corrected chi connectivity index (χ1v) is 6.41. The maximum Gasteiger partial charge on any atom is 0.227 e. The van der Waals surface area contributed by atoms with Crippen LogP contribution in [0.15, 0.2) is 0 Å². The summed E-state index contributed by atoms with van der Waals surface area (Å²) >= 11 is 0. The van der Waals surface area contributed by atoms with E-state index in [2.05, 4.69) is 5.32 Å². The Kier molecular flexibility index (Phi) is 4.36. The Hall–Kier alpha value is -0.650. The molecule has 3 unspecified atom stereocenters. The molecule has 2 N–H and O–H groups in total. The van der Waals surface area contributed by atoms with Crippen LogP contribution in [-0.2, 0) is 9.53 Å². The van der Waals surface area contributed by atoms with E-state index in [1.807, 2.05) is 0 Å². The molecule has 0 radical (unpaired) electrons. The molecule has 1 amide bonds. The summed E-state index contributed by atoms with van der Waals surface area (Å²) in [4.78, 5) is 14.1. The number of ether oxygens (including phenoxy) is 1. The summed E-state index contributed by atoms with van der Waals surface area (Å²) in [6.45, 7) is 1.53. The van der Waals surface area contributed by atoms with Gasteiger partial charge in [-0.05, 0) is 19.3 Å². The molecular formula is C12H22N2O3. The Labute approximate surface area is 102 Å². The number of carbonyl (C=O) groups excluding carboxylic acids is 1. The highest BCUT2D eigenvalue weighted by molar-refractivity contribution is 5.80. The molecule has 2 heterocycles. The van der Waals surface area contributed by atoms with Crippen molar-refractivity contribution in [1.82, 2.24) is 10.2 Å². The van der Waals surface area contributed by atoms with Gasteiger partial charge >= 0.3 is 0 Å². The van der Waals surface area contributed by atoms with E-state index in [4.69, 9.17) is 9.84 Å². The lowest BCUT2D eigenvalue weighted by Crippen LogP contribution is -2.43. The van der Waals surface area contributed by atoms with E-state index in [-0.39, 0.29) is 18.4 Å². The number of nitrogens with zero attached hydrogens (tertiary/aromatic N) is 1. The van der Waals surface area contributed by atoms with Crippen molar-refractivity contribution in [3.63, 3.8) is 0 Å². The molecule has 2 saturated heterocycles. The van der Waals surface area contributed by atoms with Crippen LogP contribution in [0.4, 0.5) is 0 Å². The molecule has 0 saturated carbocycles. The molecule has 0 spiro atoms. The third-order valence-electron chi connectivity index (χ3n) is 3.86. The topological polar surface area (TPSA) is 61.8 Å². The van der Waals surface area contributed by atoms with Crippen molar-refractivity contribution >= 4 is 5.91 Å². The zero-order valence-corrected chi connectivity index (χ0v) is 10.4. The predicted octanol–water partition coefficient (Wildman–Crippen LogP) is -0.406. The van der Waals surface area contributed by atoms with Crippen LogP contribution in [0, 0.1) is 5.92 Å². The van der Waals surface area contributed by atoms with E-state index in [1.54, 1.807) is 12.0 Å². The van der Waals surface area contributed by atoms with Crippen molar-refractivity contribution in [2.45, 2.75) is 31.3 Å². The summed E-state index contributed by atoms with van der Waals surface area (Å²) in [7, 11) is 1.63. The molecule has 98 valence electrons. The van der Waals surface area contributed by atoms with Gasteiger partial charge in [-0.3, -0.25) is 4.79 Å². The van der Waals surface area contributed by atoms with Gasteiger partial charge in [-0.1, -0.05) is 0 Å². The van der Waals surface area contributed by atoms with Crippen molar-refractivity contribution < 1.29 is 14.6 Å². The number of hydrogen-bond donors (Lipinski definition) is 2. The highest BCUT2D eigenvalue weighted by Crippen LogP contribution is 2.34. The second-order valence-corrected chi connectivity index (χ2v) is 4.93. The zero-order chi connectivity index (χ0) is 12.3. The minimum absolute atomic E-state index is 0.0176. The van der Waals surface area contributed by atoms with Crippen LogP contribution in [0.2, 0.25) is 0 Å². The van der Waals surface area contributed by atoms with Gasteiger partial charge in [0.25, 0.3) is 0 Å². The fraction of sp³-hybridized carbons (Fsp3) is 0.917. The van der Waals surface area contributed by atoms with Crippen LogP contribution in [-0.4, -0.2) is 61.4 Å². The summed E-state index contributed by atoms with van der Waals surface area (Å²) in [5.74, 6) is 0.285. The van der Waals surface area contributed by atoms with E-state index in [9.17, 15) is 4.79 Å². The minimum atomic E-state index is 0.0176. The van der Waals surface area contributed by atoms with Gasteiger partial charge in [0.05, 0.1) is 19.1 Å². The van der Waals surface area contributed by atoms with E-state index in [0.717, 1.165) is 12.8 Å². The standard InChI is InChI=1S/C12H22N2O3/c1-17-7-5-14(4-6-15)12(16)10-8-9-2-3-11(10)13-9/h9-11,13,15H,2-8H2,1H3. The number of aliphatic hydroxyl groups excluding tert-OH is 1. The Balaban J connectivity index is 1.91. The molecule has 0 aromatic heterocycles. The second kappa shape index (κ2) is 5.80. The van der Waals surface area contributed by atoms with Gasteiger partial charge in [-0.15, -0.1) is 0 Å². The van der Waals surface area contributed by atoms with Crippen molar-refractivity contribution in [3.05, 3.63) is 0 Å². The first kappa shape index (κ1) is 12.8. The lowest BCUT2D eigenvalue weighted by atomic mass is 9.88. The largest absolute Gasteiger partial charge is 0.395 e. The highest BCUT2D eigenvalue weighted by Gasteiger charge is 2.43. The lowest BCUT2D eigenvalue weighted by Gasteiger charge is -2.28. The molecule has 2 bridgehead atoms. The molecule has 2 fully saturated rings. The van der Waals surface area contributed by atoms with E-state index in [1.165, 1.54) is 6.42 Å². The van der Waals surface area contributed by atoms with E-state index >= 15 is 0 Å². The Bertz CT molecular complexity index is 272. The van der Waals surface area contributed by atoms with Crippen molar-refractivity contribution in [2.75, 3.05) is 33.4 Å². The van der Waals surface area contributed by atoms with Gasteiger partial charge in [0, 0.05) is 32.3 Å². The van der Waals surface area contributed by atoms with Gasteiger partial charge in [0.1, 0.15) is 0 Å². The predicted molar refractivity (Wildman–Crippen MR) is 63.6 cm³/mol. The number of methoxy groups -OCH3 is 1. The lowest BCUT2D eigenvalue weighted by molar-refractivity contribution is -0.137. The summed E-state index contributed by atoms with van der Waals surface area (Å²) in [6.07, 6.45) is 3.27. The number of amides is 1. The summed E-state index contributed by atoms with van der Waals surface area (Å²) in [5.41, 5.74) is 0. The number of carbonyl (C=O) groups is 1. The molecule has 5 nitrogen and oxygen atoms in total. The highest BCUT2D eigenvalue weighted by atomic mass is 16.5. The van der Waals surface area contributed by atoms with Crippen LogP contribution < -0.4 is 5.32 Å². The minimum Gasteiger partial charge on any atom is -0.395 e. The van der Waals surface area contributed by atoms with Crippen LogP contribution >= 0.6 is 0 Å². The number of aliphatic hydroxyl groups is 1. The van der Waals surface area contributed by atoms with E-state index < -0.39 is 0 Å². The van der Waals surface area contributed by atoms with Gasteiger partial charge < -0.3 is 20.1 Å². The van der Waals surface area contributed by atoms with Crippen molar-refractivity contribution in [1.29, 1.82) is 0 Å². The smallest absolute Gasteiger partial charge is 0.227 e. The normalized spacial score (nSPS) is 30.8. The third kappa shape index (κ3) is 2.78. The van der Waals surface area contributed by atoms with Gasteiger partial charge in [0.2, 0.25) is 5.91 Å². The molecule has 5 heteroatoms. The first-order chi connectivity index (χ1) is 8.26. The van der Waals surface area contributed by atoms with Crippen LogP contribution in [0.25, 0.3) is 0 Å². The van der Waals surface area contributed by atoms with Crippen LogP contribution in [0.5, 0.6) is 0 Å². The fourth-order valence-corrected chi connectivity index (χ4v) is 2.99. The average molecular weight is 242 g/mol. The van der Waals surface area contributed by atoms with Crippen molar-refractivity contribution in [2.24, 2.45) is 5.92 Å². The average Bonchev–Trinajstić information content (AvgIpc) is 2.95. The maximum atomic E-state index is 12.4. The number of nitrogens with one attached hydrogen (secondary N) is 1. The Morgan fingerprint density at radius 2 is 2.29 bits per heavy atom. The first-order valence-electron chi connectivity index (χ1n) is 6.41. The quantitative estimate of drug-likeness (QED) is 0.665. The van der Waals surface area contributed by atoms with E-state index in [0.29, 0.717) is 31.8 Å². The summed E-state index contributed by atoms with van der Waals surface area (Å²) < 4.78 is 5.00.